The Bertz CT molecular complexity index is 1070. The Hall–Kier alpha value is -2.46. The number of nitrogens with zero attached hydrogens (tertiary/aromatic N) is 4. The molecule has 2 aromatic heterocycles. The van der Waals surface area contributed by atoms with Crippen molar-refractivity contribution in [1.29, 1.82) is 0 Å². The molecule has 10 heteroatoms. The maximum Gasteiger partial charge on any atom is 0.409 e. The van der Waals surface area contributed by atoms with Crippen LogP contribution in [0, 0.1) is 12.1 Å². The zero-order valence-electron chi connectivity index (χ0n) is 21.8. The summed E-state index contributed by atoms with van der Waals surface area (Å²) in [6, 6.07) is 3.88. The zero-order valence-corrected chi connectivity index (χ0v) is 22.6. The molecular weight excluding hydrogens is 481 g/mol. The van der Waals surface area contributed by atoms with Gasteiger partial charge in [-0.05, 0) is 57.7 Å². The average Bonchev–Trinajstić information content (AvgIpc) is 3.57. The largest absolute Gasteiger partial charge is 0.453 e. The normalized spacial score (nSPS) is 19.7. The minimum Gasteiger partial charge on any atom is -0.453 e. The third-order valence-electron chi connectivity index (χ3n) is 7.56. The number of amides is 2. The lowest BCUT2D eigenvalue weighted by atomic mass is 10.0. The molecule has 2 aromatic rings. The van der Waals surface area contributed by atoms with E-state index in [1.54, 1.807) is 11.0 Å². The van der Waals surface area contributed by atoms with E-state index in [1.165, 1.54) is 25.8 Å². The van der Waals surface area contributed by atoms with Crippen molar-refractivity contribution >= 4 is 23.3 Å². The zero-order chi connectivity index (χ0) is 25.8. The number of rotatable bonds is 9. The van der Waals surface area contributed by atoms with Crippen LogP contribution in [-0.2, 0) is 22.5 Å². The first-order valence-corrected chi connectivity index (χ1v) is 13.8. The lowest BCUT2D eigenvalue weighted by Crippen LogP contribution is -2.37. The summed E-state index contributed by atoms with van der Waals surface area (Å²) in [4.78, 5) is 33.7. The van der Waals surface area contributed by atoms with Crippen LogP contribution in [0.3, 0.4) is 0 Å². The van der Waals surface area contributed by atoms with Crippen LogP contribution in [-0.4, -0.2) is 64.1 Å². The summed E-state index contributed by atoms with van der Waals surface area (Å²) in [7, 11) is 1.42. The Morgan fingerprint density at radius 3 is 2.81 bits per heavy atom. The Morgan fingerprint density at radius 2 is 2.14 bits per heavy atom. The number of hydrogen-bond donors (Lipinski definition) is 1. The van der Waals surface area contributed by atoms with Gasteiger partial charge in [0.25, 0.3) is 0 Å². The van der Waals surface area contributed by atoms with Crippen molar-refractivity contribution in [3.8, 4) is 0 Å². The second-order valence-corrected chi connectivity index (χ2v) is 10.9. The predicted molar refractivity (Wildman–Crippen MR) is 137 cm³/mol. The highest BCUT2D eigenvalue weighted by molar-refractivity contribution is 7.10. The number of hydrogen-bond acceptors (Lipinski definition) is 6. The van der Waals surface area contributed by atoms with E-state index in [-0.39, 0.29) is 23.2 Å². The fraction of sp³-hybridized carbons (Fsp3) is 0.654. The number of ether oxygens (including phenoxy) is 1. The summed E-state index contributed by atoms with van der Waals surface area (Å²) >= 11 is 1.11. The molecule has 1 fully saturated rings. The fourth-order valence-electron chi connectivity index (χ4n) is 5.88. The molecule has 0 spiro atoms. The van der Waals surface area contributed by atoms with Gasteiger partial charge >= 0.3 is 6.09 Å². The molecule has 4 heterocycles. The maximum atomic E-state index is 13.6. The van der Waals surface area contributed by atoms with Gasteiger partial charge in [-0.1, -0.05) is 6.92 Å². The van der Waals surface area contributed by atoms with Crippen LogP contribution < -0.4 is 5.32 Å². The summed E-state index contributed by atoms with van der Waals surface area (Å²) in [6.45, 7) is 8.86. The standard InChI is InChI=1S/C26H38FN5O3S/c1-5-19(32-17(2)28-22-16-31(26(34)35-4)14-11-23(22)32)15-20-7-6-12-30(20)13-10-21(29-18(3)33)24-8-9-25(27)36-24/h8-9,19-21H,5-7,10-16H2,1-4H3,(H,29,33). The minimum atomic E-state index is -0.302. The van der Waals surface area contributed by atoms with Crippen LogP contribution in [0.5, 0.6) is 0 Å². The number of carbonyl (C=O) groups is 2. The number of aromatic nitrogens is 2. The van der Waals surface area contributed by atoms with Crippen molar-refractivity contribution in [3.63, 3.8) is 0 Å². The molecular formula is C26H38FN5O3S. The number of thiophene rings is 1. The Morgan fingerprint density at radius 1 is 1.33 bits per heavy atom. The molecule has 4 rings (SSSR count). The fourth-order valence-corrected chi connectivity index (χ4v) is 6.69. The van der Waals surface area contributed by atoms with E-state index in [0.717, 1.165) is 79.3 Å². The first-order valence-electron chi connectivity index (χ1n) is 13.0. The Labute approximate surface area is 216 Å². The maximum absolute atomic E-state index is 13.6. The topological polar surface area (TPSA) is 79.7 Å². The quantitative estimate of drug-likeness (QED) is 0.524. The Balaban J connectivity index is 1.43. The molecule has 3 unspecified atom stereocenters. The van der Waals surface area contributed by atoms with Crippen molar-refractivity contribution in [2.45, 2.75) is 84.0 Å². The number of aryl methyl sites for hydroxylation is 1. The van der Waals surface area contributed by atoms with Gasteiger partial charge in [0, 0.05) is 49.1 Å². The smallest absolute Gasteiger partial charge is 0.409 e. The number of halogens is 1. The molecule has 36 heavy (non-hydrogen) atoms. The highest BCUT2D eigenvalue weighted by Gasteiger charge is 2.32. The SMILES string of the molecule is CCC(CC1CCCN1CCC(NC(C)=O)c1ccc(F)s1)n1c(C)nc2c1CCN(C(=O)OC)C2. The van der Waals surface area contributed by atoms with Crippen molar-refractivity contribution in [2.24, 2.45) is 0 Å². The number of carbonyl (C=O) groups excluding carboxylic acids is 2. The van der Waals surface area contributed by atoms with Gasteiger partial charge in [-0.25, -0.2) is 9.78 Å². The van der Waals surface area contributed by atoms with Crippen molar-refractivity contribution < 1.29 is 18.7 Å². The number of fused-ring (bicyclic) bond motifs is 1. The van der Waals surface area contributed by atoms with E-state index in [1.807, 2.05) is 0 Å². The second kappa shape index (κ2) is 11.7. The summed E-state index contributed by atoms with van der Waals surface area (Å²) in [5, 5.41) is 2.79. The van der Waals surface area contributed by atoms with Gasteiger partial charge in [-0.2, -0.15) is 4.39 Å². The molecule has 0 aliphatic carbocycles. The van der Waals surface area contributed by atoms with E-state index in [4.69, 9.17) is 9.72 Å². The van der Waals surface area contributed by atoms with Crippen LogP contribution in [0.4, 0.5) is 9.18 Å². The first-order chi connectivity index (χ1) is 17.3. The summed E-state index contributed by atoms with van der Waals surface area (Å²) in [6.07, 6.45) is 5.61. The molecule has 2 aliphatic heterocycles. The van der Waals surface area contributed by atoms with Gasteiger partial charge in [0.15, 0.2) is 5.13 Å². The second-order valence-electron chi connectivity index (χ2n) is 9.88. The van der Waals surface area contributed by atoms with Gasteiger partial charge in [0.2, 0.25) is 5.91 Å². The molecule has 8 nitrogen and oxygen atoms in total. The molecule has 3 atom stereocenters. The van der Waals surface area contributed by atoms with E-state index in [9.17, 15) is 14.0 Å². The van der Waals surface area contributed by atoms with Gasteiger partial charge in [-0.3, -0.25) is 4.79 Å². The summed E-state index contributed by atoms with van der Waals surface area (Å²) < 4.78 is 21.0. The minimum absolute atomic E-state index is 0.0936. The number of imidazole rings is 1. The molecule has 0 bridgehead atoms. The molecule has 0 aromatic carbocycles. The molecule has 2 aliphatic rings. The van der Waals surface area contributed by atoms with Crippen molar-refractivity contribution in [3.05, 3.63) is 39.4 Å². The summed E-state index contributed by atoms with van der Waals surface area (Å²) in [5.41, 5.74) is 2.22. The molecule has 1 saturated heterocycles. The third kappa shape index (κ3) is 5.91. The van der Waals surface area contributed by atoms with E-state index in [2.05, 4.69) is 28.6 Å². The highest BCUT2D eigenvalue weighted by atomic mass is 32.1. The lowest BCUT2D eigenvalue weighted by molar-refractivity contribution is -0.119. The van der Waals surface area contributed by atoms with Gasteiger partial charge < -0.3 is 24.4 Å². The molecule has 0 radical (unpaired) electrons. The van der Waals surface area contributed by atoms with Gasteiger partial charge in [0.05, 0.1) is 25.4 Å². The number of nitrogens with one attached hydrogen (secondary N) is 1. The first kappa shape index (κ1) is 26.6. The molecule has 198 valence electrons. The van der Waals surface area contributed by atoms with Crippen molar-refractivity contribution in [2.75, 3.05) is 26.7 Å². The van der Waals surface area contributed by atoms with Crippen LogP contribution in [0.25, 0.3) is 0 Å². The molecule has 0 saturated carbocycles. The number of likely N-dealkylation sites (tertiary alicyclic amines) is 1. The monoisotopic (exact) mass is 519 g/mol. The van der Waals surface area contributed by atoms with Crippen LogP contribution in [0.2, 0.25) is 0 Å². The van der Waals surface area contributed by atoms with Crippen LogP contribution in [0.1, 0.15) is 80.1 Å². The molecule has 1 N–H and O–H groups in total. The van der Waals surface area contributed by atoms with Crippen molar-refractivity contribution in [1.82, 2.24) is 24.7 Å². The van der Waals surface area contributed by atoms with E-state index in [0.29, 0.717) is 25.2 Å². The average molecular weight is 520 g/mol. The predicted octanol–water partition coefficient (Wildman–Crippen LogP) is 4.59. The summed E-state index contributed by atoms with van der Waals surface area (Å²) in [5.74, 6) is 0.914. The highest BCUT2D eigenvalue weighted by Crippen LogP contribution is 2.33. The van der Waals surface area contributed by atoms with Gasteiger partial charge in [0.1, 0.15) is 5.82 Å². The third-order valence-corrected chi connectivity index (χ3v) is 8.55. The van der Waals surface area contributed by atoms with E-state index < -0.39 is 0 Å². The van der Waals surface area contributed by atoms with E-state index >= 15 is 0 Å². The Kier molecular flexibility index (Phi) is 8.66. The lowest BCUT2D eigenvalue weighted by Gasteiger charge is -2.32. The number of methoxy groups -OCH3 is 1. The van der Waals surface area contributed by atoms with Crippen LogP contribution >= 0.6 is 11.3 Å². The van der Waals surface area contributed by atoms with Gasteiger partial charge in [-0.15, -0.1) is 11.3 Å². The molecule has 2 amide bonds. The van der Waals surface area contributed by atoms with Crippen LogP contribution in [0.15, 0.2) is 12.1 Å².